The molecule has 0 aromatic rings. The summed E-state index contributed by atoms with van der Waals surface area (Å²) < 4.78 is 15.7. The van der Waals surface area contributed by atoms with Crippen LogP contribution in [0, 0.1) is 0 Å². The van der Waals surface area contributed by atoms with Crippen molar-refractivity contribution in [3.8, 4) is 0 Å². The summed E-state index contributed by atoms with van der Waals surface area (Å²) in [5.41, 5.74) is 0. The van der Waals surface area contributed by atoms with Crippen LogP contribution in [0.25, 0.3) is 0 Å². The van der Waals surface area contributed by atoms with Crippen molar-refractivity contribution in [1.29, 1.82) is 0 Å². The van der Waals surface area contributed by atoms with Crippen LogP contribution in [0.2, 0.25) is 0 Å². The first-order chi connectivity index (χ1) is 6.36. The zero-order chi connectivity index (χ0) is 9.52. The average Bonchev–Trinajstić information content (AvgIpc) is 2.21. The van der Waals surface area contributed by atoms with Crippen molar-refractivity contribution < 1.29 is 14.2 Å². The largest absolute Gasteiger partial charge is 0.372 e. The molecule has 78 valence electrons. The molecular formula is C9H19NO3. The highest BCUT2D eigenvalue weighted by Gasteiger charge is 2.15. The maximum absolute atomic E-state index is 5.61. The van der Waals surface area contributed by atoms with Crippen molar-refractivity contribution >= 4 is 0 Å². The van der Waals surface area contributed by atoms with Crippen LogP contribution in [0.3, 0.4) is 0 Å². The van der Waals surface area contributed by atoms with E-state index in [1.807, 2.05) is 0 Å². The first kappa shape index (κ1) is 10.9. The van der Waals surface area contributed by atoms with Gasteiger partial charge in [-0.2, -0.15) is 0 Å². The molecule has 1 aliphatic rings. The lowest BCUT2D eigenvalue weighted by atomic mass is 10.1. The lowest BCUT2D eigenvalue weighted by Crippen LogP contribution is -2.37. The monoisotopic (exact) mass is 189 g/mol. The van der Waals surface area contributed by atoms with E-state index in [-0.39, 0.29) is 6.29 Å². The Morgan fingerprint density at radius 3 is 2.69 bits per heavy atom. The first-order valence-corrected chi connectivity index (χ1v) is 4.74. The molecule has 0 saturated carbocycles. The molecule has 0 bridgehead atoms. The minimum Gasteiger partial charge on any atom is -0.372 e. The molecule has 1 atom stereocenters. The van der Waals surface area contributed by atoms with Crippen LogP contribution in [-0.2, 0) is 14.2 Å². The SMILES string of the molecule is COC(CO[C@H]1CCCNC1)OC. The zero-order valence-corrected chi connectivity index (χ0v) is 8.41. The number of ether oxygens (including phenoxy) is 3. The Bertz CT molecular complexity index is 122. The molecule has 0 aromatic heterocycles. The van der Waals surface area contributed by atoms with Gasteiger partial charge in [-0.15, -0.1) is 0 Å². The first-order valence-electron chi connectivity index (χ1n) is 4.74. The van der Waals surface area contributed by atoms with Crippen molar-refractivity contribution in [1.82, 2.24) is 5.32 Å². The maximum atomic E-state index is 5.61. The molecule has 0 aromatic carbocycles. The van der Waals surface area contributed by atoms with E-state index in [1.54, 1.807) is 14.2 Å². The standard InChI is InChI=1S/C9H19NO3/c1-11-9(12-2)7-13-8-4-3-5-10-6-8/h8-10H,3-7H2,1-2H3/t8-/m0/s1. The van der Waals surface area contributed by atoms with Crippen molar-refractivity contribution in [2.24, 2.45) is 0 Å². The van der Waals surface area contributed by atoms with Gasteiger partial charge >= 0.3 is 0 Å². The van der Waals surface area contributed by atoms with Crippen LogP contribution in [0.4, 0.5) is 0 Å². The minimum absolute atomic E-state index is 0.234. The quantitative estimate of drug-likeness (QED) is 0.634. The van der Waals surface area contributed by atoms with Crippen LogP contribution in [0.5, 0.6) is 0 Å². The van der Waals surface area contributed by atoms with Crippen LogP contribution in [-0.4, -0.2) is 46.3 Å². The highest BCUT2D eigenvalue weighted by molar-refractivity contribution is 4.68. The molecule has 0 spiro atoms. The molecular weight excluding hydrogens is 170 g/mol. The summed E-state index contributed by atoms with van der Waals surface area (Å²) in [4.78, 5) is 0. The Morgan fingerprint density at radius 1 is 1.38 bits per heavy atom. The molecule has 1 N–H and O–H groups in total. The van der Waals surface area contributed by atoms with Crippen molar-refractivity contribution in [2.75, 3.05) is 33.9 Å². The van der Waals surface area contributed by atoms with Crippen molar-refractivity contribution in [3.05, 3.63) is 0 Å². The molecule has 1 saturated heterocycles. The highest BCUT2D eigenvalue weighted by atomic mass is 16.7. The number of piperidine rings is 1. The van der Waals surface area contributed by atoms with Crippen LogP contribution >= 0.6 is 0 Å². The Hall–Kier alpha value is -0.160. The second-order valence-corrected chi connectivity index (χ2v) is 3.20. The van der Waals surface area contributed by atoms with Gasteiger partial charge in [-0.3, -0.25) is 0 Å². The third-order valence-electron chi connectivity index (χ3n) is 2.25. The van der Waals surface area contributed by atoms with Crippen LogP contribution in [0.15, 0.2) is 0 Å². The summed E-state index contributed by atoms with van der Waals surface area (Å²) in [6, 6.07) is 0. The molecule has 1 aliphatic heterocycles. The third kappa shape index (κ3) is 4.04. The number of rotatable bonds is 5. The molecule has 0 aliphatic carbocycles. The fourth-order valence-corrected chi connectivity index (χ4v) is 1.41. The van der Waals surface area contributed by atoms with E-state index in [1.165, 1.54) is 6.42 Å². The fraction of sp³-hybridized carbons (Fsp3) is 1.00. The Morgan fingerprint density at radius 2 is 2.15 bits per heavy atom. The van der Waals surface area contributed by atoms with Gasteiger partial charge in [0.2, 0.25) is 0 Å². The summed E-state index contributed by atoms with van der Waals surface area (Å²) in [6.07, 6.45) is 2.41. The summed E-state index contributed by atoms with van der Waals surface area (Å²) in [6.45, 7) is 2.57. The summed E-state index contributed by atoms with van der Waals surface area (Å²) in [5, 5.41) is 3.29. The number of methoxy groups -OCH3 is 2. The predicted octanol–water partition coefficient (Wildman–Crippen LogP) is 0.374. The maximum Gasteiger partial charge on any atom is 0.180 e. The smallest absolute Gasteiger partial charge is 0.180 e. The zero-order valence-electron chi connectivity index (χ0n) is 8.41. The molecule has 13 heavy (non-hydrogen) atoms. The van der Waals surface area contributed by atoms with Gasteiger partial charge in [0.05, 0.1) is 12.7 Å². The second-order valence-electron chi connectivity index (χ2n) is 3.20. The van der Waals surface area contributed by atoms with Gasteiger partial charge < -0.3 is 19.5 Å². The van der Waals surface area contributed by atoms with E-state index in [0.29, 0.717) is 12.7 Å². The van der Waals surface area contributed by atoms with E-state index >= 15 is 0 Å². The van der Waals surface area contributed by atoms with Gasteiger partial charge in [-0.1, -0.05) is 0 Å². The van der Waals surface area contributed by atoms with Gasteiger partial charge in [0.15, 0.2) is 6.29 Å². The van der Waals surface area contributed by atoms with E-state index in [9.17, 15) is 0 Å². The van der Waals surface area contributed by atoms with Gasteiger partial charge in [0.25, 0.3) is 0 Å². The summed E-state index contributed by atoms with van der Waals surface area (Å²) in [7, 11) is 3.24. The molecule has 1 heterocycles. The number of nitrogens with one attached hydrogen (secondary N) is 1. The topological polar surface area (TPSA) is 39.7 Å². The molecule has 4 nitrogen and oxygen atoms in total. The molecule has 1 rings (SSSR count). The second kappa shape index (κ2) is 6.32. The molecule has 4 heteroatoms. The molecule has 0 unspecified atom stereocenters. The highest BCUT2D eigenvalue weighted by Crippen LogP contribution is 2.06. The van der Waals surface area contributed by atoms with Crippen molar-refractivity contribution in [3.63, 3.8) is 0 Å². The molecule has 0 amide bonds. The van der Waals surface area contributed by atoms with E-state index in [4.69, 9.17) is 14.2 Å². The van der Waals surface area contributed by atoms with Crippen molar-refractivity contribution in [2.45, 2.75) is 25.2 Å². The Kier molecular flexibility index (Phi) is 5.31. The van der Waals surface area contributed by atoms with Gasteiger partial charge in [0, 0.05) is 20.8 Å². The van der Waals surface area contributed by atoms with Crippen LogP contribution < -0.4 is 5.32 Å². The lowest BCUT2D eigenvalue weighted by molar-refractivity contribution is -0.152. The normalized spacial score (nSPS) is 23.8. The molecule has 1 fully saturated rings. The number of hydrogen-bond donors (Lipinski definition) is 1. The predicted molar refractivity (Wildman–Crippen MR) is 49.6 cm³/mol. The average molecular weight is 189 g/mol. The van der Waals surface area contributed by atoms with E-state index < -0.39 is 0 Å². The Balaban J connectivity index is 2.09. The molecule has 0 radical (unpaired) electrons. The third-order valence-corrected chi connectivity index (χ3v) is 2.25. The fourth-order valence-electron chi connectivity index (χ4n) is 1.41. The lowest BCUT2D eigenvalue weighted by Gasteiger charge is -2.24. The van der Waals surface area contributed by atoms with Gasteiger partial charge in [-0.25, -0.2) is 0 Å². The number of hydrogen-bond acceptors (Lipinski definition) is 4. The summed E-state index contributed by atoms with van der Waals surface area (Å²) in [5.74, 6) is 0. The minimum atomic E-state index is -0.234. The summed E-state index contributed by atoms with van der Waals surface area (Å²) >= 11 is 0. The Labute approximate surface area is 79.5 Å². The van der Waals surface area contributed by atoms with E-state index in [0.717, 1.165) is 19.5 Å². The van der Waals surface area contributed by atoms with Crippen LogP contribution in [0.1, 0.15) is 12.8 Å². The van der Waals surface area contributed by atoms with Gasteiger partial charge in [-0.05, 0) is 19.4 Å². The van der Waals surface area contributed by atoms with E-state index in [2.05, 4.69) is 5.32 Å². The van der Waals surface area contributed by atoms with Gasteiger partial charge in [0.1, 0.15) is 0 Å².